The number of hydrogen-bond acceptors (Lipinski definition) is 13. The van der Waals surface area contributed by atoms with Crippen LogP contribution in [0.15, 0.2) is 30.6 Å². The summed E-state index contributed by atoms with van der Waals surface area (Å²) in [7, 11) is 0. The molecule has 1 fully saturated rings. The zero-order valence-corrected chi connectivity index (χ0v) is 19.3. The average Bonchev–Trinajstić information content (AvgIpc) is 3.59. The maximum absolute atomic E-state index is 11.2. The second-order valence-corrected chi connectivity index (χ2v) is 8.15. The van der Waals surface area contributed by atoms with E-state index < -0.39 is 24.5 Å². The van der Waals surface area contributed by atoms with Gasteiger partial charge < -0.3 is 31.4 Å². The number of fused-ring (bicyclic) bond motifs is 1. The summed E-state index contributed by atoms with van der Waals surface area (Å²) in [6.45, 7) is 3.13. The molecule has 188 valence electrons. The molecule has 5 rings (SSSR count). The van der Waals surface area contributed by atoms with Gasteiger partial charge in [0, 0.05) is 12.2 Å². The molecule has 0 spiro atoms. The molecule has 0 bridgehead atoms. The number of aromatic nitrogens is 8. The van der Waals surface area contributed by atoms with E-state index in [1.165, 1.54) is 15.7 Å². The summed E-state index contributed by atoms with van der Waals surface area (Å²) in [5.74, 6) is 0.604. The maximum atomic E-state index is 11.2. The minimum atomic E-state index is -1.26. The highest BCUT2D eigenvalue weighted by atomic mass is 16.6. The standard InChI is InChI=1S/C21H25N11O4/c1-2-32-29-18(28-30-32)15-14(34)16(35-10-33)20(36-15)31-9-25-13-17(23)26-21(27-19(13)31)24-8-7-11-3-5-12(22)6-4-11/h3-6,9-10,14-16,20,34H,2,7-8,22H2,1H3,(H3,23,24,26,27)/t14-,15+,16-,20-/m1/s1. The third-order valence-electron chi connectivity index (χ3n) is 5.83. The Balaban J connectivity index is 1.41. The van der Waals surface area contributed by atoms with Gasteiger partial charge >= 0.3 is 0 Å². The molecule has 15 heteroatoms. The van der Waals surface area contributed by atoms with E-state index in [0.717, 1.165) is 5.56 Å². The Bertz CT molecular complexity index is 1360. The van der Waals surface area contributed by atoms with E-state index in [1.54, 1.807) is 0 Å². The lowest BCUT2D eigenvalue weighted by Gasteiger charge is -2.19. The number of tetrazole rings is 1. The van der Waals surface area contributed by atoms with E-state index >= 15 is 0 Å². The predicted molar refractivity (Wildman–Crippen MR) is 126 cm³/mol. The topological polar surface area (TPSA) is 207 Å². The van der Waals surface area contributed by atoms with Gasteiger partial charge in [0.1, 0.15) is 11.6 Å². The van der Waals surface area contributed by atoms with Gasteiger partial charge in [-0.1, -0.05) is 12.1 Å². The van der Waals surface area contributed by atoms with E-state index in [1.807, 2.05) is 31.2 Å². The molecule has 0 unspecified atom stereocenters. The first kappa shape index (κ1) is 23.4. The van der Waals surface area contributed by atoms with Crippen molar-refractivity contribution < 1.29 is 19.4 Å². The molecular weight excluding hydrogens is 470 g/mol. The van der Waals surface area contributed by atoms with E-state index in [2.05, 4.69) is 35.7 Å². The molecule has 6 N–H and O–H groups in total. The summed E-state index contributed by atoms with van der Waals surface area (Å²) >= 11 is 0. The number of nitrogens with two attached hydrogens (primary N) is 2. The van der Waals surface area contributed by atoms with Crippen LogP contribution in [-0.2, 0) is 27.2 Å². The van der Waals surface area contributed by atoms with Crippen LogP contribution in [0.4, 0.5) is 17.5 Å². The SMILES string of the molecule is CCn1nnc([C@H]2O[C@@H](n3cnc4c(N)nc(NCCc5ccc(N)cc5)nc43)[C@H](OC=O)[C@@H]2O)n1. The molecule has 1 saturated heterocycles. The van der Waals surface area contributed by atoms with Crippen molar-refractivity contribution in [3.63, 3.8) is 0 Å². The second kappa shape index (κ2) is 9.71. The maximum Gasteiger partial charge on any atom is 0.293 e. The zero-order valence-electron chi connectivity index (χ0n) is 19.3. The van der Waals surface area contributed by atoms with E-state index in [9.17, 15) is 9.90 Å². The van der Waals surface area contributed by atoms with Crippen molar-refractivity contribution in [1.82, 2.24) is 39.7 Å². The highest BCUT2D eigenvalue weighted by Gasteiger charge is 2.49. The van der Waals surface area contributed by atoms with Gasteiger partial charge in [0.15, 0.2) is 29.9 Å². The molecule has 0 saturated carbocycles. The summed E-state index contributed by atoms with van der Waals surface area (Å²) in [4.78, 5) is 25.7. The highest BCUT2D eigenvalue weighted by molar-refractivity contribution is 5.83. The Morgan fingerprint density at radius 1 is 1.25 bits per heavy atom. The van der Waals surface area contributed by atoms with Crippen LogP contribution in [0.5, 0.6) is 0 Å². The fourth-order valence-corrected chi connectivity index (χ4v) is 4.01. The lowest BCUT2D eigenvalue weighted by Crippen LogP contribution is -2.32. The average molecular weight is 496 g/mol. The van der Waals surface area contributed by atoms with Gasteiger partial charge in [0.05, 0.1) is 12.9 Å². The molecule has 0 amide bonds. The smallest absolute Gasteiger partial charge is 0.293 e. The molecule has 1 aliphatic heterocycles. The number of nitrogens with zero attached hydrogens (tertiary/aromatic N) is 8. The molecule has 4 heterocycles. The number of benzene rings is 1. The van der Waals surface area contributed by atoms with Crippen LogP contribution in [0.1, 0.15) is 30.6 Å². The third-order valence-corrected chi connectivity index (χ3v) is 5.83. The Morgan fingerprint density at radius 3 is 2.78 bits per heavy atom. The fourth-order valence-electron chi connectivity index (χ4n) is 4.01. The molecule has 1 aromatic carbocycles. The van der Waals surface area contributed by atoms with Crippen molar-refractivity contribution in [3.05, 3.63) is 42.0 Å². The third kappa shape index (κ3) is 4.36. The molecule has 15 nitrogen and oxygen atoms in total. The molecule has 3 aromatic heterocycles. The van der Waals surface area contributed by atoms with Crippen LogP contribution in [0, 0.1) is 0 Å². The number of carbonyl (C=O) groups is 1. The van der Waals surface area contributed by atoms with Crippen molar-refractivity contribution >= 4 is 35.1 Å². The predicted octanol–water partition coefficient (Wildman–Crippen LogP) is -0.176. The van der Waals surface area contributed by atoms with E-state index in [0.29, 0.717) is 36.4 Å². The lowest BCUT2D eigenvalue weighted by atomic mass is 10.1. The second-order valence-electron chi connectivity index (χ2n) is 8.15. The number of rotatable bonds is 9. The van der Waals surface area contributed by atoms with Gasteiger partial charge in [-0.05, 0) is 36.3 Å². The molecule has 0 radical (unpaired) electrons. The summed E-state index contributed by atoms with van der Waals surface area (Å²) in [6, 6.07) is 7.58. The number of anilines is 3. The Kier molecular flexibility index (Phi) is 6.30. The largest absolute Gasteiger partial charge is 0.457 e. The van der Waals surface area contributed by atoms with Crippen molar-refractivity contribution in [2.45, 2.75) is 44.4 Å². The number of aryl methyl sites for hydroxylation is 1. The summed E-state index contributed by atoms with van der Waals surface area (Å²) in [5.41, 5.74) is 14.3. The lowest BCUT2D eigenvalue weighted by molar-refractivity contribution is -0.142. The summed E-state index contributed by atoms with van der Waals surface area (Å²) < 4.78 is 12.8. The minimum Gasteiger partial charge on any atom is -0.457 e. The molecule has 0 aliphatic carbocycles. The Hall–Kier alpha value is -4.37. The number of nitrogens with one attached hydrogen (secondary N) is 1. The number of aliphatic hydroxyl groups is 1. The number of aliphatic hydroxyl groups excluding tert-OH is 1. The molecule has 4 atom stereocenters. The summed E-state index contributed by atoms with van der Waals surface area (Å²) in [5, 5.41) is 26.1. The van der Waals surface area contributed by atoms with Crippen molar-refractivity contribution in [2.24, 2.45) is 0 Å². The van der Waals surface area contributed by atoms with Gasteiger partial charge in [-0.2, -0.15) is 14.8 Å². The quantitative estimate of drug-likeness (QED) is 0.176. The highest BCUT2D eigenvalue weighted by Crippen LogP contribution is 2.40. The Labute approximate surface area is 204 Å². The molecule has 1 aliphatic rings. The first-order chi connectivity index (χ1) is 17.5. The number of hydrogen-bond donors (Lipinski definition) is 4. The van der Waals surface area contributed by atoms with Crippen molar-refractivity contribution in [1.29, 1.82) is 0 Å². The fraction of sp³-hybridized carbons (Fsp3) is 0.381. The van der Waals surface area contributed by atoms with Crippen LogP contribution in [0.3, 0.4) is 0 Å². The Morgan fingerprint density at radius 2 is 2.06 bits per heavy atom. The zero-order chi connectivity index (χ0) is 25.2. The van der Waals surface area contributed by atoms with Crippen LogP contribution < -0.4 is 16.8 Å². The molecule has 4 aromatic rings. The first-order valence-corrected chi connectivity index (χ1v) is 11.3. The van der Waals surface area contributed by atoms with Crippen LogP contribution in [-0.4, -0.2) is 70.1 Å². The van der Waals surface area contributed by atoms with Crippen LogP contribution in [0.2, 0.25) is 0 Å². The van der Waals surface area contributed by atoms with Gasteiger partial charge in [0.25, 0.3) is 6.47 Å². The van der Waals surface area contributed by atoms with E-state index in [-0.39, 0.29) is 24.1 Å². The van der Waals surface area contributed by atoms with Gasteiger partial charge in [-0.3, -0.25) is 9.36 Å². The van der Waals surface area contributed by atoms with Gasteiger partial charge in [-0.25, -0.2) is 4.98 Å². The summed E-state index contributed by atoms with van der Waals surface area (Å²) in [6.07, 6.45) is -2.17. The van der Waals surface area contributed by atoms with Gasteiger partial charge in [0.2, 0.25) is 11.8 Å². The number of ether oxygens (including phenoxy) is 2. The first-order valence-electron chi connectivity index (χ1n) is 11.3. The normalized spacial score (nSPS) is 21.6. The molecular formula is C21H25N11O4. The minimum absolute atomic E-state index is 0.157. The van der Waals surface area contributed by atoms with Crippen molar-refractivity contribution in [3.8, 4) is 0 Å². The van der Waals surface area contributed by atoms with Gasteiger partial charge in [-0.15, -0.1) is 10.2 Å². The monoisotopic (exact) mass is 495 g/mol. The number of imidazole rings is 1. The van der Waals surface area contributed by atoms with Crippen LogP contribution in [0.25, 0.3) is 11.2 Å². The number of carbonyl (C=O) groups excluding carboxylic acids is 1. The van der Waals surface area contributed by atoms with Crippen LogP contribution >= 0.6 is 0 Å². The molecule has 36 heavy (non-hydrogen) atoms. The van der Waals surface area contributed by atoms with Crippen molar-refractivity contribution in [2.75, 3.05) is 23.3 Å². The van der Waals surface area contributed by atoms with E-state index in [4.69, 9.17) is 20.9 Å². The number of nitrogen functional groups attached to an aromatic ring is 2.